The molecule has 2 amide bonds. The van der Waals surface area contributed by atoms with Gasteiger partial charge in [0.1, 0.15) is 5.54 Å². The number of hydrogen-bond donors (Lipinski definition) is 2. The molecule has 2 aliphatic carbocycles. The molecule has 4 rings (SSSR count). The molecule has 2 aromatic rings. The van der Waals surface area contributed by atoms with Gasteiger partial charge in [-0.05, 0) is 49.9 Å². The lowest BCUT2D eigenvalue weighted by Gasteiger charge is -2.30. The molecular weight excluding hydrogens is 436 g/mol. The molecule has 33 heavy (non-hydrogen) atoms. The van der Waals surface area contributed by atoms with Gasteiger partial charge in [-0.25, -0.2) is 0 Å². The summed E-state index contributed by atoms with van der Waals surface area (Å²) in [5.74, 6) is 0.787. The highest BCUT2D eigenvalue weighted by Crippen LogP contribution is 2.36. The molecule has 1 aromatic heterocycles. The number of anilines is 1. The van der Waals surface area contributed by atoms with Gasteiger partial charge in [0.15, 0.2) is 5.82 Å². The fourth-order valence-corrected chi connectivity index (χ4v) is 6.13. The topological polar surface area (TPSA) is 97.1 Å². The Morgan fingerprint density at radius 3 is 2.42 bits per heavy atom. The third kappa shape index (κ3) is 6.59. The number of carbonyl (C=O) groups is 2. The van der Waals surface area contributed by atoms with Crippen molar-refractivity contribution in [2.24, 2.45) is 0 Å². The van der Waals surface area contributed by atoms with Crippen LogP contribution in [0, 0.1) is 0 Å². The average Bonchev–Trinajstić information content (AvgIpc) is 3.43. The quantitative estimate of drug-likeness (QED) is 0.504. The van der Waals surface area contributed by atoms with Crippen LogP contribution in [0.3, 0.4) is 0 Å². The smallest absolute Gasteiger partial charge is 0.227 e. The van der Waals surface area contributed by atoms with E-state index < -0.39 is 5.54 Å². The summed E-state index contributed by atoms with van der Waals surface area (Å²) >= 11 is 1.94. The second-order valence-corrected chi connectivity index (χ2v) is 10.7. The van der Waals surface area contributed by atoms with Crippen molar-refractivity contribution >= 4 is 29.3 Å². The van der Waals surface area contributed by atoms with Crippen LogP contribution in [0.4, 0.5) is 5.69 Å². The molecule has 7 nitrogen and oxygen atoms in total. The summed E-state index contributed by atoms with van der Waals surface area (Å²) in [4.78, 5) is 30.1. The van der Waals surface area contributed by atoms with Gasteiger partial charge in [-0.3, -0.25) is 9.59 Å². The number of nitrogens with one attached hydrogen (secondary N) is 2. The SMILES string of the molecule is CC(=O)NC1(c2noc(CCC(=O)Nc3ccc(SC4CCCC4)cc3)n2)CCCCCC1. The first-order valence-electron chi connectivity index (χ1n) is 12.2. The van der Waals surface area contributed by atoms with Crippen LogP contribution in [0.15, 0.2) is 33.7 Å². The van der Waals surface area contributed by atoms with Crippen molar-refractivity contribution in [3.8, 4) is 0 Å². The zero-order valence-electron chi connectivity index (χ0n) is 19.4. The second kappa shape index (κ2) is 11.2. The monoisotopic (exact) mass is 470 g/mol. The molecule has 0 saturated heterocycles. The van der Waals surface area contributed by atoms with Crippen molar-refractivity contribution in [1.29, 1.82) is 0 Å². The normalized spacial score (nSPS) is 18.6. The highest BCUT2D eigenvalue weighted by atomic mass is 32.2. The van der Waals surface area contributed by atoms with Gasteiger partial charge in [0, 0.05) is 35.6 Å². The Kier molecular flexibility index (Phi) is 8.06. The van der Waals surface area contributed by atoms with Gasteiger partial charge in [-0.15, -0.1) is 11.8 Å². The van der Waals surface area contributed by atoms with Crippen LogP contribution < -0.4 is 10.6 Å². The maximum absolute atomic E-state index is 12.4. The van der Waals surface area contributed by atoms with Crippen molar-refractivity contribution in [1.82, 2.24) is 15.5 Å². The standard InChI is InChI=1S/C25H34N4O3S/c1-18(30)28-25(16-6-2-3-7-17-25)24-27-23(32-29-24)15-14-22(31)26-19-10-12-21(13-11-19)33-20-8-4-5-9-20/h10-13,20H,2-9,14-17H2,1H3,(H,26,31)(H,28,30). The lowest BCUT2D eigenvalue weighted by Crippen LogP contribution is -2.45. The molecule has 2 fully saturated rings. The molecule has 0 spiro atoms. The molecule has 1 heterocycles. The lowest BCUT2D eigenvalue weighted by atomic mass is 9.89. The predicted octanol–water partition coefficient (Wildman–Crippen LogP) is 5.36. The molecule has 1 aromatic carbocycles. The van der Waals surface area contributed by atoms with Crippen molar-refractivity contribution in [2.45, 2.75) is 99.7 Å². The number of thioether (sulfide) groups is 1. The van der Waals surface area contributed by atoms with Crippen molar-refractivity contribution in [2.75, 3.05) is 5.32 Å². The number of hydrogen-bond acceptors (Lipinski definition) is 6. The summed E-state index contributed by atoms with van der Waals surface area (Å²) < 4.78 is 5.45. The van der Waals surface area contributed by atoms with E-state index >= 15 is 0 Å². The fourth-order valence-electron chi connectivity index (χ4n) is 4.88. The highest BCUT2D eigenvalue weighted by molar-refractivity contribution is 8.00. The minimum Gasteiger partial charge on any atom is -0.343 e. The zero-order chi connectivity index (χ0) is 23.1. The number of benzene rings is 1. The van der Waals surface area contributed by atoms with E-state index in [1.165, 1.54) is 37.5 Å². The van der Waals surface area contributed by atoms with Gasteiger partial charge in [-0.2, -0.15) is 4.98 Å². The van der Waals surface area contributed by atoms with Gasteiger partial charge in [0.05, 0.1) is 0 Å². The summed E-state index contributed by atoms with van der Waals surface area (Å²) in [5, 5.41) is 10.9. The van der Waals surface area contributed by atoms with E-state index in [0.29, 0.717) is 18.1 Å². The van der Waals surface area contributed by atoms with E-state index in [1.807, 2.05) is 23.9 Å². The summed E-state index contributed by atoms with van der Waals surface area (Å²) in [5.41, 5.74) is 0.231. The molecule has 0 bridgehead atoms. The van der Waals surface area contributed by atoms with Crippen LogP contribution in [0.2, 0.25) is 0 Å². The summed E-state index contributed by atoms with van der Waals surface area (Å²) in [6, 6.07) is 8.08. The first kappa shape index (κ1) is 23.8. The van der Waals surface area contributed by atoms with Gasteiger partial charge >= 0.3 is 0 Å². The number of nitrogens with zero attached hydrogens (tertiary/aromatic N) is 2. The molecule has 2 aliphatic rings. The number of carbonyl (C=O) groups excluding carboxylic acids is 2. The van der Waals surface area contributed by atoms with Gasteiger partial charge in [0.25, 0.3) is 0 Å². The Bertz CT molecular complexity index is 929. The van der Waals surface area contributed by atoms with E-state index in [2.05, 4.69) is 32.9 Å². The number of amides is 2. The summed E-state index contributed by atoms with van der Waals surface area (Å²) in [6.07, 6.45) is 11.8. The minimum absolute atomic E-state index is 0.0861. The number of rotatable bonds is 8. The van der Waals surface area contributed by atoms with Crippen molar-refractivity contribution in [3.05, 3.63) is 36.0 Å². The molecule has 2 N–H and O–H groups in total. The zero-order valence-corrected chi connectivity index (χ0v) is 20.2. The van der Waals surface area contributed by atoms with Crippen LogP contribution in [-0.4, -0.2) is 27.2 Å². The molecule has 8 heteroatoms. The Balaban J connectivity index is 1.30. The average molecular weight is 471 g/mol. The number of aromatic nitrogens is 2. The maximum atomic E-state index is 12.4. The van der Waals surface area contributed by atoms with E-state index in [-0.39, 0.29) is 18.2 Å². The molecule has 0 aliphatic heterocycles. The first-order chi connectivity index (χ1) is 16.0. The van der Waals surface area contributed by atoms with Crippen LogP contribution in [0.25, 0.3) is 0 Å². The molecule has 0 atom stereocenters. The van der Waals surface area contributed by atoms with Gasteiger partial charge < -0.3 is 15.2 Å². The van der Waals surface area contributed by atoms with Crippen LogP contribution in [0.1, 0.15) is 89.3 Å². The molecule has 0 radical (unpaired) electrons. The molecule has 178 valence electrons. The third-order valence-corrected chi connectivity index (χ3v) is 7.93. The van der Waals surface area contributed by atoms with E-state index in [0.717, 1.165) is 49.5 Å². The van der Waals surface area contributed by atoms with E-state index in [9.17, 15) is 9.59 Å². The minimum atomic E-state index is -0.565. The van der Waals surface area contributed by atoms with Crippen LogP contribution >= 0.6 is 11.8 Å². The van der Waals surface area contributed by atoms with E-state index in [1.54, 1.807) is 0 Å². The van der Waals surface area contributed by atoms with E-state index in [4.69, 9.17) is 4.52 Å². The summed E-state index contributed by atoms with van der Waals surface area (Å²) in [7, 11) is 0. The Hall–Kier alpha value is -2.35. The van der Waals surface area contributed by atoms with Crippen molar-refractivity contribution < 1.29 is 14.1 Å². The summed E-state index contributed by atoms with van der Waals surface area (Å²) in [6.45, 7) is 1.53. The van der Waals surface area contributed by atoms with Gasteiger partial charge in [0.2, 0.25) is 17.7 Å². The van der Waals surface area contributed by atoms with Crippen molar-refractivity contribution in [3.63, 3.8) is 0 Å². The Morgan fingerprint density at radius 1 is 1.06 bits per heavy atom. The highest BCUT2D eigenvalue weighted by Gasteiger charge is 2.38. The second-order valence-electron chi connectivity index (χ2n) is 9.29. The Morgan fingerprint density at radius 2 is 1.76 bits per heavy atom. The lowest BCUT2D eigenvalue weighted by molar-refractivity contribution is -0.121. The Labute approximate surface area is 199 Å². The molecule has 0 unspecified atom stereocenters. The molecular formula is C25H34N4O3S. The largest absolute Gasteiger partial charge is 0.343 e. The first-order valence-corrected chi connectivity index (χ1v) is 13.1. The van der Waals surface area contributed by atoms with Crippen LogP contribution in [-0.2, 0) is 21.5 Å². The predicted molar refractivity (Wildman–Crippen MR) is 129 cm³/mol. The number of aryl methyl sites for hydroxylation is 1. The maximum Gasteiger partial charge on any atom is 0.227 e. The molecule has 2 saturated carbocycles. The third-order valence-electron chi connectivity index (χ3n) is 6.58. The van der Waals surface area contributed by atoms with Gasteiger partial charge in [-0.1, -0.05) is 43.7 Å². The fraction of sp³-hybridized carbons (Fsp3) is 0.600. The van der Waals surface area contributed by atoms with Crippen LogP contribution in [0.5, 0.6) is 0 Å².